The summed E-state index contributed by atoms with van der Waals surface area (Å²) in [6.45, 7) is 3.52. The van der Waals surface area contributed by atoms with Crippen molar-refractivity contribution >= 4 is 0 Å². The van der Waals surface area contributed by atoms with E-state index < -0.39 is 0 Å². The van der Waals surface area contributed by atoms with Gasteiger partial charge in [0.25, 0.3) is 0 Å². The van der Waals surface area contributed by atoms with Crippen molar-refractivity contribution < 1.29 is 9.84 Å². The van der Waals surface area contributed by atoms with Gasteiger partial charge in [0.15, 0.2) is 0 Å². The van der Waals surface area contributed by atoms with Crippen LogP contribution in [0.3, 0.4) is 0 Å². The number of aryl methyl sites for hydroxylation is 1. The first-order chi connectivity index (χ1) is 9.20. The number of nitrogens with two attached hydrogens (primary N) is 1. The van der Waals surface area contributed by atoms with E-state index in [0.717, 1.165) is 37.9 Å². The van der Waals surface area contributed by atoms with Crippen LogP contribution >= 0.6 is 0 Å². The van der Waals surface area contributed by atoms with Gasteiger partial charge in [-0.15, -0.1) is 0 Å². The summed E-state index contributed by atoms with van der Waals surface area (Å²) in [4.78, 5) is 0. The minimum Gasteiger partial charge on any atom is -0.395 e. The normalized spacial score (nSPS) is 22.4. The third-order valence-corrected chi connectivity index (χ3v) is 4.29. The molecule has 3 heteroatoms. The van der Waals surface area contributed by atoms with Gasteiger partial charge in [-0.3, -0.25) is 0 Å². The Labute approximate surface area is 115 Å². The highest BCUT2D eigenvalue weighted by Crippen LogP contribution is 2.31. The molecule has 3 N–H and O–H groups in total. The minimum atomic E-state index is -0.321. The molecular weight excluding hydrogens is 238 g/mol. The average molecular weight is 263 g/mol. The van der Waals surface area contributed by atoms with Gasteiger partial charge in [0.05, 0.1) is 12.7 Å². The second-order valence-electron chi connectivity index (χ2n) is 5.69. The Kier molecular flexibility index (Phi) is 4.97. The molecule has 2 atom stereocenters. The Morgan fingerprint density at radius 2 is 2.32 bits per heavy atom. The Hall–Kier alpha value is -0.900. The molecule has 0 saturated carbocycles. The highest BCUT2D eigenvalue weighted by Gasteiger charge is 2.31. The number of hydrogen-bond acceptors (Lipinski definition) is 3. The van der Waals surface area contributed by atoms with Gasteiger partial charge < -0.3 is 15.6 Å². The number of ether oxygens (including phenoxy) is 1. The molecule has 1 aliphatic rings. The smallest absolute Gasteiger partial charge is 0.0576 e. The zero-order valence-corrected chi connectivity index (χ0v) is 11.8. The largest absolute Gasteiger partial charge is 0.395 e. The summed E-state index contributed by atoms with van der Waals surface area (Å²) >= 11 is 0. The van der Waals surface area contributed by atoms with Crippen LogP contribution < -0.4 is 5.73 Å². The van der Waals surface area contributed by atoms with Crippen LogP contribution in [0.15, 0.2) is 24.3 Å². The molecule has 2 unspecified atom stereocenters. The molecule has 0 spiro atoms. The number of rotatable bonds is 6. The molecule has 3 nitrogen and oxygen atoms in total. The topological polar surface area (TPSA) is 55.5 Å². The highest BCUT2D eigenvalue weighted by molar-refractivity contribution is 5.30. The van der Waals surface area contributed by atoms with Crippen LogP contribution in [0.4, 0.5) is 0 Å². The number of aliphatic hydroxyl groups is 1. The van der Waals surface area contributed by atoms with Crippen molar-refractivity contribution in [3.05, 3.63) is 35.4 Å². The van der Waals surface area contributed by atoms with Gasteiger partial charge in [0, 0.05) is 18.6 Å². The SMILES string of the molecule is Cc1cccc(C(CN)(CO)CCC2CCCO2)c1. The number of aliphatic hydroxyl groups excluding tert-OH is 1. The lowest BCUT2D eigenvalue weighted by molar-refractivity contribution is 0.0883. The van der Waals surface area contributed by atoms with Gasteiger partial charge in [0.1, 0.15) is 0 Å². The molecule has 1 saturated heterocycles. The summed E-state index contributed by atoms with van der Waals surface area (Å²) in [5.41, 5.74) is 8.02. The van der Waals surface area contributed by atoms with Gasteiger partial charge in [-0.25, -0.2) is 0 Å². The van der Waals surface area contributed by atoms with Gasteiger partial charge in [-0.1, -0.05) is 29.8 Å². The molecule has 2 rings (SSSR count). The fourth-order valence-electron chi connectivity index (χ4n) is 2.88. The Bertz CT molecular complexity index is 395. The Morgan fingerprint density at radius 1 is 1.47 bits per heavy atom. The Balaban J connectivity index is 2.11. The Morgan fingerprint density at radius 3 is 2.89 bits per heavy atom. The fraction of sp³-hybridized carbons (Fsp3) is 0.625. The monoisotopic (exact) mass is 263 g/mol. The summed E-state index contributed by atoms with van der Waals surface area (Å²) in [5.74, 6) is 0. The second kappa shape index (κ2) is 6.51. The van der Waals surface area contributed by atoms with Crippen molar-refractivity contribution in [1.29, 1.82) is 0 Å². The zero-order valence-electron chi connectivity index (χ0n) is 11.8. The molecule has 0 bridgehead atoms. The summed E-state index contributed by atoms with van der Waals surface area (Å²) in [6, 6.07) is 8.32. The zero-order chi connectivity index (χ0) is 13.7. The maximum Gasteiger partial charge on any atom is 0.0576 e. The van der Waals surface area contributed by atoms with Gasteiger partial charge in [-0.2, -0.15) is 0 Å². The standard InChI is InChI=1S/C16H25NO2/c1-13-4-2-5-14(10-13)16(11-17,12-18)8-7-15-6-3-9-19-15/h2,4-5,10,15,18H,3,6-9,11-12,17H2,1H3. The minimum absolute atomic E-state index is 0.0969. The molecule has 19 heavy (non-hydrogen) atoms. The second-order valence-corrected chi connectivity index (χ2v) is 5.69. The summed E-state index contributed by atoms with van der Waals surface area (Å²) in [5, 5.41) is 9.87. The fourth-order valence-corrected chi connectivity index (χ4v) is 2.88. The van der Waals surface area contributed by atoms with E-state index in [1.807, 2.05) is 6.07 Å². The predicted molar refractivity (Wildman–Crippen MR) is 77.2 cm³/mol. The lowest BCUT2D eigenvalue weighted by atomic mass is 9.76. The van der Waals surface area contributed by atoms with Crippen molar-refractivity contribution in [2.45, 2.75) is 44.1 Å². The highest BCUT2D eigenvalue weighted by atomic mass is 16.5. The summed E-state index contributed by atoms with van der Waals surface area (Å²) in [7, 11) is 0. The van der Waals surface area contributed by atoms with E-state index in [-0.39, 0.29) is 12.0 Å². The average Bonchev–Trinajstić information content (AvgIpc) is 2.94. The van der Waals surface area contributed by atoms with Crippen LogP contribution in [0.25, 0.3) is 0 Å². The first kappa shape index (κ1) is 14.5. The van der Waals surface area contributed by atoms with E-state index in [4.69, 9.17) is 10.5 Å². The first-order valence-electron chi connectivity index (χ1n) is 7.20. The van der Waals surface area contributed by atoms with E-state index in [2.05, 4.69) is 25.1 Å². The van der Waals surface area contributed by atoms with Crippen molar-refractivity contribution in [2.75, 3.05) is 19.8 Å². The first-order valence-corrected chi connectivity index (χ1v) is 7.20. The molecule has 0 radical (unpaired) electrons. The molecule has 1 aromatic carbocycles. The molecule has 1 aliphatic heterocycles. The van der Waals surface area contributed by atoms with Crippen molar-refractivity contribution in [3.63, 3.8) is 0 Å². The van der Waals surface area contributed by atoms with Gasteiger partial charge >= 0.3 is 0 Å². The maximum atomic E-state index is 9.87. The van der Waals surface area contributed by atoms with Crippen molar-refractivity contribution in [1.82, 2.24) is 0 Å². The molecule has 1 aromatic rings. The van der Waals surface area contributed by atoms with Crippen molar-refractivity contribution in [2.24, 2.45) is 5.73 Å². The van der Waals surface area contributed by atoms with Crippen LogP contribution in [0.5, 0.6) is 0 Å². The molecule has 0 amide bonds. The predicted octanol–water partition coefficient (Wildman–Crippen LogP) is 2.14. The third-order valence-electron chi connectivity index (χ3n) is 4.29. The number of benzene rings is 1. The van der Waals surface area contributed by atoms with E-state index >= 15 is 0 Å². The maximum absolute atomic E-state index is 9.87. The lowest BCUT2D eigenvalue weighted by Gasteiger charge is -2.32. The molecular formula is C16H25NO2. The van der Waals surface area contributed by atoms with Crippen LogP contribution in [-0.4, -0.2) is 31.0 Å². The molecule has 106 valence electrons. The van der Waals surface area contributed by atoms with E-state index in [1.54, 1.807) is 0 Å². The van der Waals surface area contributed by atoms with Crippen molar-refractivity contribution in [3.8, 4) is 0 Å². The molecule has 0 aliphatic carbocycles. The quantitative estimate of drug-likeness (QED) is 0.827. The summed E-state index contributed by atoms with van der Waals surface area (Å²) < 4.78 is 5.67. The third kappa shape index (κ3) is 3.35. The van der Waals surface area contributed by atoms with Gasteiger partial charge in [0.2, 0.25) is 0 Å². The van der Waals surface area contributed by atoms with E-state index in [1.165, 1.54) is 5.56 Å². The van der Waals surface area contributed by atoms with Gasteiger partial charge in [-0.05, 0) is 38.2 Å². The van der Waals surface area contributed by atoms with Crippen LogP contribution in [-0.2, 0) is 10.2 Å². The van der Waals surface area contributed by atoms with E-state index in [0.29, 0.717) is 12.6 Å². The number of hydrogen-bond donors (Lipinski definition) is 2. The lowest BCUT2D eigenvalue weighted by Crippen LogP contribution is -2.39. The van der Waals surface area contributed by atoms with Crippen LogP contribution in [0.2, 0.25) is 0 Å². The van der Waals surface area contributed by atoms with E-state index in [9.17, 15) is 5.11 Å². The van der Waals surface area contributed by atoms with Crippen LogP contribution in [0.1, 0.15) is 36.8 Å². The van der Waals surface area contributed by atoms with Crippen LogP contribution in [0, 0.1) is 6.92 Å². The summed E-state index contributed by atoms with van der Waals surface area (Å²) in [6.07, 6.45) is 4.51. The molecule has 0 aromatic heterocycles. The molecule has 1 heterocycles. The molecule has 1 fully saturated rings.